The number of likely N-dealkylation sites (N-methyl/N-ethyl adjacent to an activating group) is 1. The van der Waals surface area contributed by atoms with Gasteiger partial charge in [-0.25, -0.2) is 0 Å². The third kappa shape index (κ3) is 6.10. The smallest absolute Gasteiger partial charge is 0.303 e. The largest absolute Gasteiger partial charge is 0.492 e. The van der Waals surface area contributed by atoms with Gasteiger partial charge in [-0.05, 0) is 24.3 Å². The van der Waals surface area contributed by atoms with E-state index in [2.05, 4.69) is 0 Å². The Morgan fingerprint density at radius 1 is 1.26 bits per heavy atom. The van der Waals surface area contributed by atoms with E-state index in [4.69, 9.17) is 21.4 Å². The van der Waals surface area contributed by atoms with Crippen LogP contribution in [-0.2, 0) is 9.59 Å². The summed E-state index contributed by atoms with van der Waals surface area (Å²) in [6.45, 7) is 0.748. The molecule has 0 heterocycles. The zero-order valence-corrected chi connectivity index (χ0v) is 11.4. The van der Waals surface area contributed by atoms with Crippen LogP contribution in [0.2, 0.25) is 5.02 Å². The van der Waals surface area contributed by atoms with Gasteiger partial charge in [0.25, 0.3) is 0 Å². The van der Waals surface area contributed by atoms with E-state index < -0.39 is 5.97 Å². The number of rotatable bonds is 7. The summed E-state index contributed by atoms with van der Waals surface area (Å²) in [5.74, 6) is -0.503. The fourth-order valence-corrected chi connectivity index (χ4v) is 1.49. The first kappa shape index (κ1) is 15.3. The first-order chi connectivity index (χ1) is 8.99. The molecule has 0 spiro atoms. The third-order valence-electron chi connectivity index (χ3n) is 2.49. The predicted molar refractivity (Wildman–Crippen MR) is 71.5 cm³/mol. The topological polar surface area (TPSA) is 66.8 Å². The van der Waals surface area contributed by atoms with Crippen molar-refractivity contribution in [2.45, 2.75) is 12.8 Å². The van der Waals surface area contributed by atoms with Crippen molar-refractivity contribution in [2.24, 2.45) is 0 Å². The van der Waals surface area contributed by atoms with Crippen LogP contribution >= 0.6 is 11.6 Å². The molecule has 0 aromatic heterocycles. The second-order valence-electron chi connectivity index (χ2n) is 4.01. The second kappa shape index (κ2) is 7.63. The van der Waals surface area contributed by atoms with Crippen LogP contribution in [0.1, 0.15) is 12.8 Å². The van der Waals surface area contributed by atoms with Gasteiger partial charge >= 0.3 is 5.97 Å². The number of carboxylic acid groups (broad SMARTS) is 1. The Hall–Kier alpha value is -1.75. The standard InChI is InChI=1S/C13H16ClNO4/c1-15(12(16)6-7-13(17)18)8-9-19-11-4-2-10(14)3-5-11/h2-5H,6-9H2,1H3,(H,17,18). The van der Waals surface area contributed by atoms with Crippen molar-refractivity contribution in [1.29, 1.82) is 0 Å². The van der Waals surface area contributed by atoms with Crippen molar-refractivity contribution < 1.29 is 19.4 Å². The molecule has 1 amide bonds. The van der Waals surface area contributed by atoms with Gasteiger partial charge in [0, 0.05) is 18.5 Å². The molecule has 0 fully saturated rings. The highest BCUT2D eigenvalue weighted by molar-refractivity contribution is 6.30. The SMILES string of the molecule is CN(CCOc1ccc(Cl)cc1)C(=O)CCC(=O)O. The molecular formula is C13H16ClNO4. The van der Waals surface area contributed by atoms with E-state index in [1.807, 2.05) is 0 Å². The lowest BCUT2D eigenvalue weighted by molar-refractivity contribution is -0.140. The third-order valence-corrected chi connectivity index (χ3v) is 2.74. The summed E-state index contributed by atoms with van der Waals surface area (Å²) in [4.78, 5) is 23.3. The number of benzene rings is 1. The van der Waals surface area contributed by atoms with E-state index in [1.165, 1.54) is 4.90 Å². The van der Waals surface area contributed by atoms with Crippen molar-refractivity contribution >= 4 is 23.5 Å². The number of halogens is 1. The van der Waals surface area contributed by atoms with E-state index in [9.17, 15) is 9.59 Å². The average Bonchev–Trinajstić information content (AvgIpc) is 2.38. The maximum Gasteiger partial charge on any atom is 0.303 e. The van der Waals surface area contributed by atoms with Gasteiger partial charge < -0.3 is 14.7 Å². The molecule has 1 N–H and O–H groups in total. The maximum atomic E-state index is 11.5. The number of carboxylic acids is 1. The van der Waals surface area contributed by atoms with Gasteiger partial charge in [0.05, 0.1) is 13.0 Å². The molecule has 1 aromatic carbocycles. The van der Waals surface area contributed by atoms with E-state index in [0.29, 0.717) is 23.9 Å². The van der Waals surface area contributed by atoms with Gasteiger partial charge in [-0.1, -0.05) is 11.6 Å². The molecule has 0 saturated carbocycles. The fourth-order valence-electron chi connectivity index (χ4n) is 1.36. The minimum Gasteiger partial charge on any atom is -0.492 e. The van der Waals surface area contributed by atoms with Crippen LogP contribution < -0.4 is 4.74 Å². The van der Waals surface area contributed by atoms with Gasteiger partial charge in [0.15, 0.2) is 0 Å². The van der Waals surface area contributed by atoms with E-state index in [0.717, 1.165) is 0 Å². The summed E-state index contributed by atoms with van der Waals surface area (Å²) in [6, 6.07) is 6.93. The summed E-state index contributed by atoms with van der Waals surface area (Å²) in [5, 5.41) is 9.12. The minimum absolute atomic E-state index is 0.00672. The van der Waals surface area contributed by atoms with Crippen LogP contribution in [0.4, 0.5) is 0 Å². The molecule has 1 rings (SSSR count). The van der Waals surface area contributed by atoms with Gasteiger partial charge in [0.2, 0.25) is 5.91 Å². The molecule has 0 radical (unpaired) electrons. The lowest BCUT2D eigenvalue weighted by Crippen LogP contribution is -2.31. The lowest BCUT2D eigenvalue weighted by atomic mass is 10.3. The van der Waals surface area contributed by atoms with Crippen LogP contribution in [0.25, 0.3) is 0 Å². The highest BCUT2D eigenvalue weighted by Crippen LogP contribution is 2.15. The Kier molecular flexibility index (Phi) is 6.15. The second-order valence-corrected chi connectivity index (χ2v) is 4.45. The predicted octanol–water partition coefficient (Wildman–Crippen LogP) is 2.04. The molecule has 104 valence electrons. The lowest BCUT2D eigenvalue weighted by Gasteiger charge is -2.17. The minimum atomic E-state index is -0.973. The zero-order chi connectivity index (χ0) is 14.3. The van der Waals surface area contributed by atoms with Crippen molar-refractivity contribution in [2.75, 3.05) is 20.2 Å². The van der Waals surface area contributed by atoms with Crippen LogP contribution in [0.5, 0.6) is 5.75 Å². The summed E-state index contributed by atoms with van der Waals surface area (Å²) in [7, 11) is 1.62. The Balaban J connectivity index is 2.26. The Bertz CT molecular complexity index is 433. The van der Waals surface area contributed by atoms with Crippen LogP contribution in [-0.4, -0.2) is 42.1 Å². The van der Waals surface area contributed by atoms with Gasteiger partial charge in [-0.3, -0.25) is 9.59 Å². The van der Waals surface area contributed by atoms with Gasteiger partial charge in [0.1, 0.15) is 12.4 Å². The number of aliphatic carboxylic acids is 1. The number of hydrogen-bond donors (Lipinski definition) is 1. The summed E-state index contributed by atoms with van der Waals surface area (Å²) < 4.78 is 5.44. The van der Waals surface area contributed by atoms with Gasteiger partial charge in [-0.2, -0.15) is 0 Å². The number of amides is 1. The highest BCUT2D eigenvalue weighted by Gasteiger charge is 2.10. The molecule has 19 heavy (non-hydrogen) atoms. The molecule has 0 bridgehead atoms. The number of nitrogens with zero attached hydrogens (tertiary/aromatic N) is 1. The monoisotopic (exact) mass is 285 g/mol. The first-order valence-corrected chi connectivity index (χ1v) is 6.21. The molecule has 0 atom stereocenters. The summed E-state index contributed by atoms with van der Waals surface area (Å²) in [6.07, 6.45) is -0.145. The number of hydrogen-bond acceptors (Lipinski definition) is 3. The molecular weight excluding hydrogens is 270 g/mol. The van der Waals surface area contributed by atoms with Crippen molar-refractivity contribution in [3.05, 3.63) is 29.3 Å². The van der Waals surface area contributed by atoms with Crippen molar-refractivity contribution in [1.82, 2.24) is 4.90 Å². The maximum absolute atomic E-state index is 11.5. The normalized spacial score (nSPS) is 10.0. The van der Waals surface area contributed by atoms with Crippen molar-refractivity contribution in [3.63, 3.8) is 0 Å². The highest BCUT2D eigenvalue weighted by atomic mass is 35.5. The van der Waals surface area contributed by atoms with Crippen LogP contribution in [0.15, 0.2) is 24.3 Å². The molecule has 6 heteroatoms. The molecule has 0 unspecified atom stereocenters. The number of ether oxygens (including phenoxy) is 1. The fraction of sp³-hybridized carbons (Fsp3) is 0.385. The zero-order valence-electron chi connectivity index (χ0n) is 10.6. The Morgan fingerprint density at radius 3 is 2.47 bits per heavy atom. The molecule has 0 aliphatic heterocycles. The molecule has 5 nitrogen and oxygen atoms in total. The van der Waals surface area contributed by atoms with Gasteiger partial charge in [-0.15, -0.1) is 0 Å². The Morgan fingerprint density at radius 2 is 1.89 bits per heavy atom. The molecule has 0 aliphatic rings. The van der Waals surface area contributed by atoms with Crippen molar-refractivity contribution in [3.8, 4) is 5.75 Å². The molecule has 1 aromatic rings. The Labute approximate surface area is 116 Å². The number of carbonyl (C=O) groups excluding carboxylic acids is 1. The molecule has 0 saturated heterocycles. The van der Waals surface area contributed by atoms with E-state index in [1.54, 1.807) is 31.3 Å². The summed E-state index contributed by atoms with van der Waals surface area (Å²) in [5.41, 5.74) is 0. The van der Waals surface area contributed by atoms with E-state index >= 15 is 0 Å². The molecule has 0 aliphatic carbocycles. The quantitative estimate of drug-likeness (QED) is 0.832. The van der Waals surface area contributed by atoms with E-state index in [-0.39, 0.29) is 18.7 Å². The van der Waals surface area contributed by atoms with Crippen LogP contribution in [0.3, 0.4) is 0 Å². The first-order valence-electron chi connectivity index (χ1n) is 5.83. The van der Waals surface area contributed by atoms with Crippen LogP contribution in [0, 0.1) is 0 Å². The average molecular weight is 286 g/mol. The number of carbonyl (C=O) groups is 2. The summed E-state index contributed by atoms with van der Waals surface area (Å²) >= 11 is 5.74.